The van der Waals surface area contributed by atoms with E-state index in [0.717, 1.165) is 21.1 Å². The minimum atomic E-state index is -0.193. The Morgan fingerprint density at radius 3 is 2.75 bits per heavy atom. The summed E-state index contributed by atoms with van der Waals surface area (Å²) in [6.07, 6.45) is 0. The molecule has 0 saturated carbocycles. The van der Waals surface area contributed by atoms with E-state index < -0.39 is 0 Å². The third-order valence-corrected chi connectivity index (χ3v) is 3.89. The summed E-state index contributed by atoms with van der Waals surface area (Å²) in [5.41, 5.74) is 2.36. The number of ether oxygens (including phenoxy) is 1. The lowest BCUT2D eigenvalue weighted by Crippen LogP contribution is -2.13. The summed E-state index contributed by atoms with van der Waals surface area (Å²) in [5.74, 6) is 0.342. The molecule has 0 heterocycles. The Labute approximate surface area is 134 Å². The standard InChI is InChI=1S/C15H13Br2NO2/c1-20-14-8-11(17)5-6-13(14)15(19)18-12-4-2-3-10(7-12)9-16/h2-8H,9H2,1H3,(H,18,19). The molecular weight excluding hydrogens is 386 g/mol. The van der Waals surface area contributed by atoms with E-state index in [1.54, 1.807) is 19.2 Å². The van der Waals surface area contributed by atoms with E-state index in [4.69, 9.17) is 4.74 Å². The first-order valence-corrected chi connectivity index (χ1v) is 7.85. The van der Waals surface area contributed by atoms with Crippen molar-refractivity contribution in [1.29, 1.82) is 0 Å². The van der Waals surface area contributed by atoms with E-state index >= 15 is 0 Å². The number of benzene rings is 2. The van der Waals surface area contributed by atoms with Crippen LogP contribution in [0.2, 0.25) is 0 Å². The fourth-order valence-electron chi connectivity index (χ4n) is 1.78. The van der Waals surface area contributed by atoms with Crippen LogP contribution in [0.25, 0.3) is 0 Å². The maximum atomic E-state index is 12.3. The minimum Gasteiger partial charge on any atom is -0.496 e. The molecule has 1 amide bonds. The van der Waals surface area contributed by atoms with Crippen LogP contribution in [0.3, 0.4) is 0 Å². The second-order valence-corrected chi connectivity index (χ2v) is 5.61. The highest BCUT2D eigenvalue weighted by molar-refractivity contribution is 9.10. The quantitative estimate of drug-likeness (QED) is 0.764. The Balaban J connectivity index is 2.23. The smallest absolute Gasteiger partial charge is 0.259 e. The molecule has 0 atom stereocenters. The summed E-state index contributed by atoms with van der Waals surface area (Å²) in [6, 6.07) is 13.0. The van der Waals surface area contributed by atoms with Gasteiger partial charge < -0.3 is 10.1 Å². The molecule has 1 N–H and O–H groups in total. The number of anilines is 1. The van der Waals surface area contributed by atoms with Gasteiger partial charge >= 0.3 is 0 Å². The Bertz CT molecular complexity index is 629. The molecule has 0 spiro atoms. The molecule has 3 nitrogen and oxygen atoms in total. The van der Waals surface area contributed by atoms with E-state index in [1.807, 2.05) is 30.3 Å². The molecule has 0 bridgehead atoms. The maximum absolute atomic E-state index is 12.3. The van der Waals surface area contributed by atoms with Crippen molar-refractivity contribution < 1.29 is 9.53 Å². The molecule has 0 aliphatic rings. The number of hydrogen-bond donors (Lipinski definition) is 1. The first-order valence-electron chi connectivity index (χ1n) is 5.94. The molecule has 2 rings (SSSR count). The summed E-state index contributed by atoms with van der Waals surface area (Å²) in [5, 5.41) is 3.62. The van der Waals surface area contributed by atoms with Crippen molar-refractivity contribution >= 4 is 43.5 Å². The first kappa shape index (κ1) is 15.1. The largest absolute Gasteiger partial charge is 0.496 e. The first-order chi connectivity index (χ1) is 9.63. The third kappa shape index (κ3) is 3.61. The molecule has 0 aliphatic carbocycles. The van der Waals surface area contributed by atoms with Crippen molar-refractivity contribution in [3.63, 3.8) is 0 Å². The van der Waals surface area contributed by atoms with Crippen LogP contribution in [0.1, 0.15) is 15.9 Å². The van der Waals surface area contributed by atoms with Crippen LogP contribution >= 0.6 is 31.9 Å². The van der Waals surface area contributed by atoms with Crippen molar-refractivity contribution in [3.8, 4) is 5.75 Å². The van der Waals surface area contributed by atoms with Gasteiger partial charge in [0, 0.05) is 15.5 Å². The van der Waals surface area contributed by atoms with E-state index in [9.17, 15) is 4.79 Å². The lowest BCUT2D eigenvalue weighted by molar-refractivity contribution is 0.102. The van der Waals surface area contributed by atoms with Gasteiger partial charge in [0.25, 0.3) is 5.91 Å². The summed E-state index contributed by atoms with van der Waals surface area (Å²) in [4.78, 5) is 12.3. The average molecular weight is 399 g/mol. The van der Waals surface area contributed by atoms with Gasteiger partial charge in [0.2, 0.25) is 0 Å². The topological polar surface area (TPSA) is 38.3 Å². The van der Waals surface area contributed by atoms with Gasteiger partial charge in [0.15, 0.2) is 0 Å². The number of carbonyl (C=O) groups is 1. The van der Waals surface area contributed by atoms with Crippen LogP contribution in [0.4, 0.5) is 5.69 Å². The van der Waals surface area contributed by atoms with Crippen molar-refractivity contribution in [2.75, 3.05) is 12.4 Å². The fourth-order valence-corrected chi connectivity index (χ4v) is 2.47. The normalized spacial score (nSPS) is 10.2. The average Bonchev–Trinajstić information content (AvgIpc) is 2.47. The molecule has 2 aromatic carbocycles. The molecule has 0 saturated heterocycles. The second kappa shape index (κ2) is 6.90. The number of carbonyl (C=O) groups excluding carboxylic acids is 1. The van der Waals surface area contributed by atoms with Crippen molar-refractivity contribution in [1.82, 2.24) is 0 Å². The monoisotopic (exact) mass is 397 g/mol. The predicted octanol–water partition coefficient (Wildman–Crippen LogP) is 4.60. The minimum absolute atomic E-state index is 0.193. The molecule has 0 radical (unpaired) electrons. The van der Waals surface area contributed by atoms with Gasteiger partial charge in [-0.15, -0.1) is 0 Å². The summed E-state index contributed by atoms with van der Waals surface area (Å²) in [6.45, 7) is 0. The van der Waals surface area contributed by atoms with Crippen molar-refractivity contribution in [2.45, 2.75) is 5.33 Å². The molecule has 0 aliphatic heterocycles. The van der Waals surface area contributed by atoms with Crippen LogP contribution < -0.4 is 10.1 Å². The van der Waals surface area contributed by atoms with Gasteiger partial charge in [-0.1, -0.05) is 44.0 Å². The van der Waals surface area contributed by atoms with E-state index in [2.05, 4.69) is 37.2 Å². The van der Waals surface area contributed by atoms with Gasteiger partial charge in [0.05, 0.1) is 12.7 Å². The Hall–Kier alpha value is -1.33. The summed E-state index contributed by atoms with van der Waals surface area (Å²) in [7, 11) is 1.55. The van der Waals surface area contributed by atoms with Crippen molar-refractivity contribution in [2.24, 2.45) is 0 Å². The van der Waals surface area contributed by atoms with E-state index in [0.29, 0.717) is 11.3 Å². The van der Waals surface area contributed by atoms with Gasteiger partial charge in [0.1, 0.15) is 5.75 Å². The van der Waals surface area contributed by atoms with Crippen molar-refractivity contribution in [3.05, 3.63) is 58.1 Å². The summed E-state index contributed by atoms with van der Waals surface area (Å²) >= 11 is 6.75. The SMILES string of the molecule is COc1cc(Br)ccc1C(=O)Nc1cccc(CBr)c1. The number of halogens is 2. The molecule has 0 unspecified atom stereocenters. The highest BCUT2D eigenvalue weighted by Gasteiger charge is 2.12. The highest BCUT2D eigenvalue weighted by atomic mass is 79.9. The number of amides is 1. The molecule has 20 heavy (non-hydrogen) atoms. The van der Waals surface area contributed by atoms with E-state index in [1.165, 1.54) is 0 Å². The zero-order chi connectivity index (χ0) is 14.5. The zero-order valence-corrected chi connectivity index (χ0v) is 14.0. The van der Waals surface area contributed by atoms with Gasteiger partial charge in [-0.05, 0) is 35.9 Å². The molecular formula is C15H13Br2NO2. The Morgan fingerprint density at radius 2 is 2.05 bits per heavy atom. The number of hydrogen-bond acceptors (Lipinski definition) is 2. The van der Waals surface area contributed by atoms with Crippen LogP contribution in [0.5, 0.6) is 5.75 Å². The maximum Gasteiger partial charge on any atom is 0.259 e. The van der Waals surface area contributed by atoms with Gasteiger partial charge in [-0.3, -0.25) is 4.79 Å². The van der Waals surface area contributed by atoms with Gasteiger partial charge in [-0.2, -0.15) is 0 Å². The number of nitrogens with one attached hydrogen (secondary N) is 1. The lowest BCUT2D eigenvalue weighted by atomic mass is 10.1. The molecule has 0 fully saturated rings. The van der Waals surface area contributed by atoms with Crippen LogP contribution in [0, 0.1) is 0 Å². The summed E-state index contributed by atoms with van der Waals surface area (Å²) < 4.78 is 6.10. The third-order valence-electron chi connectivity index (χ3n) is 2.75. The van der Waals surface area contributed by atoms with E-state index in [-0.39, 0.29) is 5.91 Å². The fraction of sp³-hybridized carbons (Fsp3) is 0.133. The molecule has 5 heteroatoms. The van der Waals surface area contributed by atoms with Gasteiger partial charge in [-0.25, -0.2) is 0 Å². The lowest BCUT2D eigenvalue weighted by Gasteiger charge is -2.10. The molecule has 104 valence electrons. The van der Waals surface area contributed by atoms with Crippen LogP contribution in [0.15, 0.2) is 46.9 Å². The zero-order valence-electron chi connectivity index (χ0n) is 10.8. The number of rotatable bonds is 4. The predicted molar refractivity (Wildman–Crippen MR) is 87.7 cm³/mol. The molecule has 0 aromatic heterocycles. The second-order valence-electron chi connectivity index (χ2n) is 4.13. The van der Waals surface area contributed by atoms with Crippen LogP contribution in [-0.2, 0) is 5.33 Å². The van der Waals surface area contributed by atoms with Crippen LogP contribution in [-0.4, -0.2) is 13.0 Å². The number of alkyl halides is 1. The number of methoxy groups -OCH3 is 1. The Morgan fingerprint density at radius 1 is 1.25 bits per heavy atom. The molecule has 2 aromatic rings. The Kier molecular flexibility index (Phi) is 5.20. The highest BCUT2D eigenvalue weighted by Crippen LogP contribution is 2.24.